The van der Waals surface area contributed by atoms with Crippen LogP contribution in [0.5, 0.6) is 5.75 Å². The van der Waals surface area contributed by atoms with E-state index in [2.05, 4.69) is 22.8 Å². The van der Waals surface area contributed by atoms with Crippen molar-refractivity contribution >= 4 is 29.0 Å². The van der Waals surface area contributed by atoms with Gasteiger partial charge in [-0.1, -0.05) is 12.1 Å². The molecule has 6 heteroatoms. The molecule has 0 heterocycles. The van der Waals surface area contributed by atoms with E-state index in [0.717, 1.165) is 36.3 Å². The van der Waals surface area contributed by atoms with Crippen LogP contribution in [0.2, 0.25) is 0 Å². The summed E-state index contributed by atoms with van der Waals surface area (Å²) in [6, 6.07) is 11.8. The summed E-state index contributed by atoms with van der Waals surface area (Å²) < 4.78 is 10.4. The molecule has 2 aromatic rings. The van der Waals surface area contributed by atoms with Crippen LogP contribution in [0.25, 0.3) is 0 Å². The highest BCUT2D eigenvalue weighted by Crippen LogP contribution is 2.32. The van der Waals surface area contributed by atoms with Crippen molar-refractivity contribution in [1.82, 2.24) is 5.32 Å². The van der Waals surface area contributed by atoms with E-state index < -0.39 is 0 Å². The van der Waals surface area contributed by atoms with Gasteiger partial charge in [-0.3, -0.25) is 0 Å². The fraction of sp³-hybridized carbons (Fsp3) is 0.364. The topological polar surface area (TPSA) is 59.6 Å². The van der Waals surface area contributed by atoms with Crippen molar-refractivity contribution in [3.8, 4) is 5.75 Å². The van der Waals surface area contributed by atoms with E-state index in [-0.39, 0.29) is 12.0 Å². The first-order valence-electron chi connectivity index (χ1n) is 9.54. The minimum Gasteiger partial charge on any atom is -0.497 e. The van der Waals surface area contributed by atoms with Crippen molar-refractivity contribution in [2.75, 3.05) is 19.0 Å². The smallest absolute Gasteiger partial charge is 0.338 e. The Hall–Kier alpha value is -2.60. The van der Waals surface area contributed by atoms with Gasteiger partial charge < -0.3 is 20.1 Å². The largest absolute Gasteiger partial charge is 0.497 e. The number of hydrogen-bond acceptors (Lipinski definition) is 4. The van der Waals surface area contributed by atoms with E-state index in [1.807, 2.05) is 19.1 Å². The van der Waals surface area contributed by atoms with Crippen LogP contribution in [0.1, 0.15) is 52.9 Å². The van der Waals surface area contributed by atoms with Gasteiger partial charge in [0.1, 0.15) is 5.75 Å². The third-order valence-corrected chi connectivity index (χ3v) is 5.19. The second kappa shape index (κ2) is 9.06. The number of benzene rings is 2. The molecule has 1 atom stereocenters. The van der Waals surface area contributed by atoms with Crippen molar-refractivity contribution in [2.45, 2.75) is 39.2 Å². The molecule has 1 aliphatic rings. The summed E-state index contributed by atoms with van der Waals surface area (Å²) in [4.78, 5) is 12.0. The Kier molecular flexibility index (Phi) is 6.52. The number of esters is 1. The standard InChI is InChI=1S/C22H26N2O3S/c1-4-27-21(25)16-9-8-14(2)20(13-16)24-22(28)23-19-7-5-6-15-12-17(26-3)10-11-18(15)19/h8-13,19H,4-7H2,1-3H3,(H2,23,24,28). The number of anilines is 1. The summed E-state index contributed by atoms with van der Waals surface area (Å²) in [5, 5.41) is 7.20. The average Bonchev–Trinajstić information content (AvgIpc) is 2.69. The summed E-state index contributed by atoms with van der Waals surface area (Å²) in [6.07, 6.45) is 3.16. The highest BCUT2D eigenvalue weighted by atomic mass is 32.1. The van der Waals surface area contributed by atoms with Crippen molar-refractivity contribution in [1.29, 1.82) is 0 Å². The molecule has 3 rings (SSSR count). The number of ether oxygens (including phenoxy) is 2. The minimum absolute atomic E-state index is 0.156. The number of carbonyl (C=O) groups is 1. The lowest BCUT2D eigenvalue weighted by Gasteiger charge is -2.28. The number of methoxy groups -OCH3 is 1. The van der Waals surface area contributed by atoms with E-state index in [1.165, 1.54) is 11.1 Å². The molecular weight excluding hydrogens is 372 g/mol. The van der Waals surface area contributed by atoms with Crippen LogP contribution in [0, 0.1) is 6.92 Å². The number of thiocarbonyl (C=S) groups is 1. The number of carbonyl (C=O) groups excluding carboxylic acids is 1. The van der Waals surface area contributed by atoms with Gasteiger partial charge in [0, 0.05) is 5.69 Å². The van der Waals surface area contributed by atoms with Crippen LogP contribution in [0.15, 0.2) is 36.4 Å². The first kappa shape index (κ1) is 20.1. The van der Waals surface area contributed by atoms with Crippen LogP contribution in [-0.2, 0) is 11.2 Å². The molecule has 0 fully saturated rings. The molecule has 0 aliphatic heterocycles. The van der Waals surface area contributed by atoms with Crippen LogP contribution in [0.3, 0.4) is 0 Å². The predicted octanol–water partition coefficient (Wildman–Crippen LogP) is 4.54. The summed E-state index contributed by atoms with van der Waals surface area (Å²) in [5.41, 5.74) is 4.87. The van der Waals surface area contributed by atoms with Gasteiger partial charge >= 0.3 is 5.97 Å². The predicted molar refractivity (Wildman–Crippen MR) is 115 cm³/mol. The molecule has 2 aromatic carbocycles. The third-order valence-electron chi connectivity index (χ3n) is 4.97. The Morgan fingerprint density at radius 2 is 2.07 bits per heavy atom. The third kappa shape index (κ3) is 4.62. The molecule has 0 aromatic heterocycles. The van der Waals surface area contributed by atoms with Crippen molar-refractivity contribution in [3.63, 3.8) is 0 Å². The van der Waals surface area contributed by atoms with Gasteiger partial charge in [-0.15, -0.1) is 0 Å². The molecule has 28 heavy (non-hydrogen) atoms. The lowest BCUT2D eigenvalue weighted by atomic mass is 9.87. The second-order valence-corrected chi connectivity index (χ2v) is 7.27. The van der Waals surface area contributed by atoms with Crippen molar-refractivity contribution in [2.24, 2.45) is 0 Å². The molecule has 148 valence electrons. The molecule has 0 spiro atoms. The maximum absolute atomic E-state index is 12.0. The zero-order valence-corrected chi connectivity index (χ0v) is 17.3. The normalized spacial score (nSPS) is 15.3. The average molecular weight is 399 g/mol. The lowest BCUT2D eigenvalue weighted by molar-refractivity contribution is 0.0526. The summed E-state index contributed by atoms with van der Waals surface area (Å²) in [5.74, 6) is 0.547. The zero-order chi connectivity index (χ0) is 20.1. The molecule has 5 nitrogen and oxygen atoms in total. The minimum atomic E-state index is -0.334. The van der Waals surface area contributed by atoms with Crippen LogP contribution in [0.4, 0.5) is 5.69 Å². The molecule has 1 unspecified atom stereocenters. The Morgan fingerprint density at radius 3 is 2.82 bits per heavy atom. The zero-order valence-electron chi connectivity index (χ0n) is 16.5. The maximum atomic E-state index is 12.0. The maximum Gasteiger partial charge on any atom is 0.338 e. The van der Waals surface area contributed by atoms with Crippen molar-refractivity contribution in [3.05, 3.63) is 58.7 Å². The van der Waals surface area contributed by atoms with E-state index in [0.29, 0.717) is 17.3 Å². The summed E-state index contributed by atoms with van der Waals surface area (Å²) in [7, 11) is 1.69. The fourth-order valence-electron chi connectivity index (χ4n) is 3.48. The number of nitrogens with one attached hydrogen (secondary N) is 2. The van der Waals surface area contributed by atoms with E-state index in [1.54, 1.807) is 26.2 Å². The van der Waals surface area contributed by atoms with Gasteiger partial charge in [-0.2, -0.15) is 0 Å². The number of fused-ring (bicyclic) bond motifs is 1. The molecule has 2 N–H and O–H groups in total. The molecule has 0 saturated carbocycles. The van der Waals surface area contributed by atoms with Gasteiger partial charge in [0.2, 0.25) is 0 Å². The quantitative estimate of drug-likeness (QED) is 0.569. The van der Waals surface area contributed by atoms with E-state index in [9.17, 15) is 4.79 Å². The summed E-state index contributed by atoms with van der Waals surface area (Å²) >= 11 is 5.55. The number of aryl methyl sites for hydroxylation is 2. The van der Waals surface area contributed by atoms with E-state index in [4.69, 9.17) is 21.7 Å². The molecule has 0 bridgehead atoms. The molecular formula is C22H26N2O3S. The van der Waals surface area contributed by atoms with Gasteiger partial charge in [-0.25, -0.2) is 4.79 Å². The van der Waals surface area contributed by atoms with Crippen LogP contribution >= 0.6 is 12.2 Å². The Labute approximate surface area is 171 Å². The van der Waals surface area contributed by atoms with Gasteiger partial charge in [0.05, 0.1) is 25.3 Å². The SMILES string of the molecule is CCOC(=O)c1ccc(C)c(NC(=S)NC2CCCc3cc(OC)ccc32)c1. The second-order valence-electron chi connectivity index (χ2n) is 6.86. The van der Waals surface area contributed by atoms with Gasteiger partial charge in [0.25, 0.3) is 0 Å². The summed E-state index contributed by atoms with van der Waals surface area (Å²) in [6.45, 7) is 4.12. The van der Waals surface area contributed by atoms with Crippen LogP contribution < -0.4 is 15.4 Å². The lowest BCUT2D eigenvalue weighted by Crippen LogP contribution is -2.34. The Bertz CT molecular complexity index is 882. The fourth-order valence-corrected chi connectivity index (χ4v) is 3.73. The molecule has 1 aliphatic carbocycles. The van der Waals surface area contributed by atoms with Gasteiger partial charge in [0.15, 0.2) is 5.11 Å². The highest BCUT2D eigenvalue weighted by molar-refractivity contribution is 7.80. The van der Waals surface area contributed by atoms with E-state index >= 15 is 0 Å². The molecule has 0 radical (unpaired) electrons. The van der Waals surface area contributed by atoms with Gasteiger partial charge in [-0.05, 0) is 86.3 Å². The number of rotatable bonds is 5. The first-order chi connectivity index (χ1) is 13.5. The molecule has 0 saturated heterocycles. The Balaban J connectivity index is 1.72. The van der Waals surface area contributed by atoms with Crippen LogP contribution in [-0.4, -0.2) is 24.8 Å². The monoisotopic (exact) mass is 398 g/mol. The highest BCUT2D eigenvalue weighted by Gasteiger charge is 2.21. The molecule has 0 amide bonds. The Morgan fingerprint density at radius 1 is 1.25 bits per heavy atom. The van der Waals surface area contributed by atoms with Crippen molar-refractivity contribution < 1.29 is 14.3 Å². The number of hydrogen-bond donors (Lipinski definition) is 2. The first-order valence-corrected chi connectivity index (χ1v) is 9.94.